The van der Waals surface area contributed by atoms with Gasteiger partial charge in [-0.3, -0.25) is 4.79 Å². The zero-order valence-corrected chi connectivity index (χ0v) is 15.3. The minimum atomic E-state index is 0. The van der Waals surface area contributed by atoms with Crippen molar-refractivity contribution in [1.82, 2.24) is 10.6 Å². The van der Waals surface area contributed by atoms with E-state index in [1.54, 1.807) is 0 Å². The van der Waals surface area contributed by atoms with E-state index in [-0.39, 0.29) is 24.2 Å². The summed E-state index contributed by atoms with van der Waals surface area (Å²) in [4.78, 5) is 12.1. The van der Waals surface area contributed by atoms with Gasteiger partial charge in [-0.25, -0.2) is 0 Å². The normalized spacial score (nSPS) is 20.5. The van der Waals surface area contributed by atoms with Gasteiger partial charge in [-0.05, 0) is 63.4 Å². The van der Waals surface area contributed by atoms with Crippen molar-refractivity contribution in [3.63, 3.8) is 0 Å². The Balaban J connectivity index is 0.00000264. The molecule has 0 unspecified atom stereocenters. The summed E-state index contributed by atoms with van der Waals surface area (Å²) in [5.41, 5.74) is 1.03. The topological polar surface area (TPSA) is 50.4 Å². The van der Waals surface area contributed by atoms with E-state index in [9.17, 15) is 4.79 Å². The number of rotatable bonds is 6. The zero-order chi connectivity index (χ0) is 15.9. The van der Waals surface area contributed by atoms with Gasteiger partial charge in [0.1, 0.15) is 5.75 Å². The number of benzene rings is 1. The van der Waals surface area contributed by atoms with Crippen LogP contribution < -0.4 is 15.4 Å². The van der Waals surface area contributed by atoms with Crippen molar-refractivity contribution >= 4 is 29.9 Å². The molecule has 4 nitrogen and oxygen atoms in total. The predicted octanol–water partition coefficient (Wildman–Crippen LogP) is 3.34. The third kappa shape index (κ3) is 6.58. The van der Waals surface area contributed by atoms with Crippen LogP contribution in [0.3, 0.4) is 0 Å². The highest BCUT2D eigenvalue weighted by Gasteiger charge is 2.24. The highest BCUT2D eigenvalue weighted by Crippen LogP contribution is 2.21. The van der Waals surface area contributed by atoms with Crippen LogP contribution >= 0.6 is 24.0 Å². The Morgan fingerprint density at radius 3 is 2.96 bits per heavy atom. The molecule has 130 valence electrons. The highest BCUT2D eigenvalue weighted by molar-refractivity contribution is 6.30. The number of nitrogens with one attached hydrogen (secondary N) is 2. The molecule has 1 saturated heterocycles. The van der Waals surface area contributed by atoms with E-state index in [4.69, 9.17) is 16.3 Å². The first-order valence-corrected chi connectivity index (χ1v) is 8.34. The maximum absolute atomic E-state index is 12.1. The molecule has 2 rings (SSSR count). The molecule has 1 amide bonds. The number of piperidine rings is 1. The summed E-state index contributed by atoms with van der Waals surface area (Å²) in [6, 6.07) is 6.02. The van der Waals surface area contributed by atoms with Gasteiger partial charge < -0.3 is 15.4 Å². The van der Waals surface area contributed by atoms with Gasteiger partial charge in [0.15, 0.2) is 0 Å². The molecular weight excluding hydrogens is 335 g/mol. The third-order valence-electron chi connectivity index (χ3n) is 4.01. The molecule has 23 heavy (non-hydrogen) atoms. The van der Waals surface area contributed by atoms with Gasteiger partial charge in [0.05, 0.1) is 6.61 Å². The lowest BCUT2D eigenvalue weighted by Crippen LogP contribution is -2.42. The standard InChI is InChI=1S/C17H25ClN2O2.ClH/c1-12-10-15(18)4-5-16(12)22-9-3-7-20-17(21)14-6-8-19-13(2)11-14;/h4-5,10,13-14,19H,3,6-9,11H2,1-2H3,(H,20,21);1H/t13-,14-;/m0./s1. The molecule has 2 atom stereocenters. The molecule has 0 aromatic heterocycles. The Hall–Kier alpha value is -0.970. The summed E-state index contributed by atoms with van der Waals surface area (Å²) in [6.45, 7) is 6.27. The van der Waals surface area contributed by atoms with Crippen molar-refractivity contribution in [2.24, 2.45) is 5.92 Å². The molecule has 0 aliphatic carbocycles. The first-order valence-electron chi connectivity index (χ1n) is 7.96. The quantitative estimate of drug-likeness (QED) is 0.764. The van der Waals surface area contributed by atoms with Crippen LogP contribution in [-0.4, -0.2) is 31.6 Å². The SMILES string of the molecule is Cc1cc(Cl)ccc1OCCCNC(=O)[C@H]1CCN[C@@H](C)C1.Cl. The molecule has 1 aliphatic heterocycles. The second-order valence-corrected chi connectivity index (χ2v) is 6.42. The summed E-state index contributed by atoms with van der Waals surface area (Å²) in [7, 11) is 0. The van der Waals surface area contributed by atoms with Crippen molar-refractivity contribution in [2.45, 2.75) is 39.2 Å². The Morgan fingerprint density at radius 1 is 1.48 bits per heavy atom. The van der Waals surface area contributed by atoms with Gasteiger partial charge in [-0.2, -0.15) is 0 Å². The lowest BCUT2D eigenvalue weighted by atomic mass is 9.92. The van der Waals surface area contributed by atoms with E-state index >= 15 is 0 Å². The van der Waals surface area contributed by atoms with Crippen LogP contribution in [0.5, 0.6) is 5.75 Å². The molecule has 0 spiro atoms. The number of halogens is 2. The van der Waals surface area contributed by atoms with Crippen LogP contribution in [0.4, 0.5) is 0 Å². The van der Waals surface area contributed by atoms with E-state index in [1.165, 1.54) is 0 Å². The largest absolute Gasteiger partial charge is 0.493 e. The maximum Gasteiger partial charge on any atom is 0.223 e. The van der Waals surface area contributed by atoms with Gasteiger partial charge in [-0.1, -0.05) is 11.6 Å². The molecule has 0 bridgehead atoms. The van der Waals surface area contributed by atoms with Gasteiger partial charge in [0, 0.05) is 23.5 Å². The van der Waals surface area contributed by atoms with Crippen molar-refractivity contribution in [3.05, 3.63) is 28.8 Å². The molecule has 1 aromatic carbocycles. The van der Waals surface area contributed by atoms with Gasteiger partial charge in [0.2, 0.25) is 5.91 Å². The van der Waals surface area contributed by atoms with Crippen LogP contribution in [0.1, 0.15) is 31.7 Å². The van der Waals surface area contributed by atoms with E-state index in [0.29, 0.717) is 24.2 Å². The molecule has 1 heterocycles. The minimum absolute atomic E-state index is 0. The van der Waals surface area contributed by atoms with E-state index in [0.717, 1.165) is 37.1 Å². The highest BCUT2D eigenvalue weighted by atomic mass is 35.5. The van der Waals surface area contributed by atoms with Gasteiger partial charge in [0.25, 0.3) is 0 Å². The van der Waals surface area contributed by atoms with E-state index in [2.05, 4.69) is 17.6 Å². The van der Waals surface area contributed by atoms with Gasteiger partial charge in [-0.15, -0.1) is 12.4 Å². The predicted molar refractivity (Wildman–Crippen MR) is 96.7 cm³/mol. The first-order chi connectivity index (χ1) is 10.6. The molecule has 0 saturated carbocycles. The van der Waals surface area contributed by atoms with Crippen LogP contribution in [0.25, 0.3) is 0 Å². The number of hydrogen-bond acceptors (Lipinski definition) is 3. The first kappa shape index (κ1) is 20.1. The third-order valence-corrected chi connectivity index (χ3v) is 4.24. The monoisotopic (exact) mass is 360 g/mol. The van der Waals surface area contributed by atoms with Crippen LogP contribution in [0.15, 0.2) is 18.2 Å². The molecule has 1 fully saturated rings. The summed E-state index contributed by atoms with van der Waals surface area (Å²) in [5.74, 6) is 1.18. The summed E-state index contributed by atoms with van der Waals surface area (Å²) >= 11 is 5.91. The summed E-state index contributed by atoms with van der Waals surface area (Å²) in [5, 5.41) is 7.09. The fourth-order valence-corrected chi connectivity index (χ4v) is 2.98. The van der Waals surface area contributed by atoms with Crippen molar-refractivity contribution in [3.8, 4) is 5.75 Å². The second kappa shape index (κ2) is 10.0. The molecular formula is C17H26Cl2N2O2. The lowest BCUT2D eigenvalue weighted by Gasteiger charge is -2.27. The number of aryl methyl sites for hydroxylation is 1. The smallest absolute Gasteiger partial charge is 0.223 e. The Bertz CT molecular complexity index is 511. The molecule has 1 aromatic rings. The number of amides is 1. The summed E-state index contributed by atoms with van der Waals surface area (Å²) in [6.07, 6.45) is 2.65. The molecule has 6 heteroatoms. The van der Waals surface area contributed by atoms with Crippen molar-refractivity contribution < 1.29 is 9.53 Å². The lowest BCUT2D eigenvalue weighted by molar-refractivity contribution is -0.126. The Morgan fingerprint density at radius 2 is 2.26 bits per heavy atom. The van der Waals surface area contributed by atoms with Crippen LogP contribution in [0, 0.1) is 12.8 Å². The molecule has 2 N–H and O–H groups in total. The fourth-order valence-electron chi connectivity index (χ4n) is 2.76. The number of carbonyl (C=O) groups is 1. The molecule has 0 radical (unpaired) electrons. The minimum Gasteiger partial charge on any atom is -0.493 e. The second-order valence-electron chi connectivity index (χ2n) is 5.98. The molecule has 1 aliphatic rings. The fraction of sp³-hybridized carbons (Fsp3) is 0.588. The van der Waals surface area contributed by atoms with Crippen LogP contribution in [0.2, 0.25) is 5.02 Å². The number of hydrogen-bond donors (Lipinski definition) is 2. The number of carbonyl (C=O) groups excluding carboxylic acids is 1. The summed E-state index contributed by atoms with van der Waals surface area (Å²) < 4.78 is 5.72. The van der Waals surface area contributed by atoms with E-state index < -0.39 is 0 Å². The Labute approximate surface area is 149 Å². The van der Waals surface area contributed by atoms with Crippen LogP contribution in [-0.2, 0) is 4.79 Å². The zero-order valence-electron chi connectivity index (χ0n) is 13.7. The maximum atomic E-state index is 12.1. The van der Waals surface area contributed by atoms with E-state index in [1.807, 2.05) is 25.1 Å². The average molecular weight is 361 g/mol. The Kier molecular flexibility index (Phi) is 8.74. The number of ether oxygens (including phenoxy) is 1. The van der Waals surface area contributed by atoms with Gasteiger partial charge >= 0.3 is 0 Å². The van der Waals surface area contributed by atoms with Crippen molar-refractivity contribution in [1.29, 1.82) is 0 Å². The average Bonchev–Trinajstić information content (AvgIpc) is 2.48. The van der Waals surface area contributed by atoms with Crippen molar-refractivity contribution in [2.75, 3.05) is 19.7 Å².